The van der Waals surface area contributed by atoms with Gasteiger partial charge in [0, 0.05) is 51.3 Å². The molecule has 134 valence electrons. The summed E-state index contributed by atoms with van der Waals surface area (Å²) in [4.78, 5) is 17.9. The van der Waals surface area contributed by atoms with Crippen LogP contribution < -0.4 is 9.47 Å². The second-order valence-corrected chi connectivity index (χ2v) is 7.20. The van der Waals surface area contributed by atoms with E-state index in [2.05, 4.69) is 10.00 Å². The van der Waals surface area contributed by atoms with Crippen LogP contribution in [0.4, 0.5) is 0 Å². The fourth-order valence-electron chi connectivity index (χ4n) is 3.27. The van der Waals surface area contributed by atoms with Gasteiger partial charge < -0.3 is 14.4 Å². The highest BCUT2D eigenvalue weighted by Crippen LogP contribution is 2.40. The first-order chi connectivity index (χ1) is 12.2. The van der Waals surface area contributed by atoms with Crippen LogP contribution in [0.15, 0.2) is 17.6 Å². The fourth-order valence-corrected chi connectivity index (χ4v) is 4.17. The summed E-state index contributed by atoms with van der Waals surface area (Å²) in [6.07, 6.45) is 2.79. The number of thiophene rings is 1. The summed E-state index contributed by atoms with van der Waals surface area (Å²) in [7, 11) is 1.96. The first-order valence-electron chi connectivity index (χ1n) is 8.58. The van der Waals surface area contributed by atoms with Gasteiger partial charge in [0.25, 0.3) is 5.91 Å². The van der Waals surface area contributed by atoms with Gasteiger partial charge in [0.05, 0.1) is 5.69 Å². The molecule has 2 aliphatic heterocycles. The van der Waals surface area contributed by atoms with Crippen LogP contribution in [0.25, 0.3) is 0 Å². The van der Waals surface area contributed by atoms with Crippen LogP contribution in [-0.4, -0.2) is 64.9 Å². The molecule has 0 unspecified atom stereocenters. The van der Waals surface area contributed by atoms with Crippen molar-refractivity contribution >= 4 is 17.2 Å². The molecule has 0 saturated carbocycles. The minimum Gasteiger partial charge on any atom is -0.485 e. The summed E-state index contributed by atoms with van der Waals surface area (Å²) in [5.41, 5.74) is 1.19. The molecule has 1 amide bonds. The van der Waals surface area contributed by atoms with Gasteiger partial charge in [0.15, 0.2) is 11.5 Å². The molecule has 8 heteroatoms. The fraction of sp³-hybridized carbons (Fsp3) is 0.529. The Bertz CT molecular complexity index is 757. The van der Waals surface area contributed by atoms with Crippen molar-refractivity contribution in [3.8, 4) is 11.5 Å². The Morgan fingerprint density at radius 1 is 1.24 bits per heavy atom. The zero-order chi connectivity index (χ0) is 17.2. The molecule has 25 heavy (non-hydrogen) atoms. The number of aromatic nitrogens is 2. The van der Waals surface area contributed by atoms with E-state index in [1.165, 1.54) is 17.0 Å². The molecule has 0 atom stereocenters. The highest BCUT2D eigenvalue weighted by atomic mass is 32.1. The predicted molar refractivity (Wildman–Crippen MR) is 94.3 cm³/mol. The first kappa shape index (κ1) is 16.4. The van der Waals surface area contributed by atoms with Gasteiger partial charge in [-0.25, -0.2) is 0 Å². The molecular formula is C17H22N4O3S. The quantitative estimate of drug-likeness (QED) is 0.830. The van der Waals surface area contributed by atoms with Crippen molar-refractivity contribution in [2.45, 2.75) is 13.0 Å². The number of hydrogen-bond donors (Lipinski definition) is 0. The van der Waals surface area contributed by atoms with Gasteiger partial charge in [-0.1, -0.05) is 0 Å². The lowest BCUT2D eigenvalue weighted by Crippen LogP contribution is -2.35. The van der Waals surface area contributed by atoms with E-state index in [4.69, 9.17) is 9.47 Å². The van der Waals surface area contributed by atoms with Crippen molar-refractivity contribution in [3.05, 3.63) is 28.2 Å². The Hall–Kier alpha value is -2.06. The SMILES string of the molecule is Cn1nccc1CN1CCCN(C(=O)c2scc3c2OCCO3)CC1. The number of rotatable bonds is 3. The zero-order valence-corrected chi connectivity index (χ0v) is 15.1. The van der Waals surface area contributed by atoms with Crippen molar-refractivity contribution < 1.29 is 14.3 Å². The second-order valence-electron chi connectivity index (χ2n) is 6.32. The number of carbonyl (C=O) groups is 1. The molecule has 4 heterocycles. The summed E-state index contributed by atoms with van der Waals surface area (Å²) in [6, 6.07) is 2.04. The van der Waals surface area contributed by atoms with Gasteiger partial charge in [-0.15, -0.1) is 11.3 Å². The largest absolute Gasteiger partial charge is 0.485 e. The lowest BCUT2D eigenvalue weighted by Gasteiger charge is -2.22. The molecule has 4 rings (SSSR count). The Morgan fingerprint density at radius 2 is 2.12 bits per heavy atom. The third kappa shape index (κ3) is 3.36. The van der Waals surface area contributed by atoms with Crippen LogP contribution >= 0.6 is 11.3 Å². The summed E-state index contributed by atoms with van der Waals surface area (Å²) >= 11 is 1.41. The molecule has 0 aliphatic carbocycles. The Balaban J connectivity index is 1.41. The molecule has 0 N–H and O–H groups in total. The summed E-state index contributed by atoms with van der Waals surface area (Å²) in [5, 5.41) is 6.09. The van der Waals surface area contributed by atoms with Gasteiger partial charge in [-0.2, -0.15) is 5.10 Å². The monoisotopic (exact) mass is 362 g/mol. The number of aryl methyl sites for hydroxylation is 1. The molecule has 0 radical (unpaired) electrons. The Kier molecular flexibility index (Phi) is 4.63. The molecule has 0 bridgehead atoms. The highest BCUT2D eigenvalue weighted by Gasteiger charge is 2.28. The average molecular weight is 362 g/mol. The van der Waals surface area contributed by atoms with Gasteiger partial charge in [-0.3, -0.25) is 14.4 Å². The number of carbonyl (C=O) groups excluding carboxylic acids is 1. The normalized spacial score (nSPS) is 18.2. The van der Waals surface area contributed by atoms with Crippen LogP contribution in [0.3, 0.4) is 0 Å². The average Bonchev–Trinajstić information content (AvgIpc) is 3.15. The van der Waals surface area contributed by atoms with Crippen LogP contribution in [0.5, 0.6) is 11.5 Å². The maximum atomic E-state index is 12.9. The van der Waals surface area contributed by atoms with Crippen molar-refractivity contribution in [2.75, 3.05) is 39.4 Å². The second kappa shape index (κ2) is 7.05. The molecule has 0 aromatic carbocycles. The molecule has 1 saturated heterocycles. The molecule has 2 aromatic heterocycles. The predicted octanol–water partition coefficient (Wildman–Crippen LogP) is 1.60. The maximum Gasteiger partial charge on any atom is 0.267 e. The summed E-state index contributed by atoms with van der Waals surface area (Å²) in [6.45, 7) is 5.26. The van der Waals surface area contributed by atoms with Crippen LogP contribution in [0.1, 0.15) is 21.8 Å². The van der Waals surface area contributed by atoms with Crippen LogP contribution in [0, 0.1) is 0 Å². The number of amides is 1. The zero-order valence-electron chi connectivity index (χ0n) is 14.3. The van der Waals surface area contributed by atoms with E-state index in [0.717, 1.165) is 39.1 Å². The van der Waals surface area contributed by atoms with E-state index >= 15 is 0 Å². The van der Waals surface area contributed by atoms with Gasteiger partial charge in [-0.05, 0) is 12.5 Å². The third-order valence-electron chi connectivity index (χ3n) is 4.68. The number of nitrogens with zero attached hydrogens (tertiary/aromatic N) is 4. The number of fused-ring (bicyclic) bond motifs is 1. The van der Waals surface area contributed by atoms with E-state index < -0.39 is 0 Å². The highest BCUT2D eigenvalue weighted by molar-refractivity contribution is 7.12. The topological polar surface area (TPSA) is 59.8 Å². The van der Waals surface area contributed by atoms with Gasteiger partial charge in [0.2, 0.25) is 0 Å². The number of ether oxygens (including phenoxy) is 2. The summed E-state index contributed by atoms with van der Waals surface area (Å²) < 4.78 is 13.1. The third-order valence-corrected chi connectivity index (χ3v) is 5.61. The number of hydrogen-bond acceptors (Lipinski definition) is 6. The standard InChI is InChI=1S/C17H22N4O3S/c1-19-13(3-4-18-19)11-20-5-2-6-21(8-7-20)17(22)16-15-14(12-25-16)23-9-10-24-15/h3-4,12H,2,5-11H2,1H3. The molecular weight excluding hydrogens is 340 g/mol. The molecule has 2 aromatic rings. The van der Waals surface area contributed by atoms with E-state index in [-0.39, 0.29) is 5.91 Å². The maximum absolute atomic E-state index is 12.9. The van der Waals surface area contributed by atoms with Crippen molar-refractivity contribution in [1.82, 2.24) is 19.6 Å². The van der Waals surface area contributed by atoms with E-state index in [1.807, 2.05) is 34.3 Å². The molecule has 2 aliphatic rings. The molecule has 1 fully saturated rings. The lowest BCUT2D eigenvalue weighted by molar-refractivity contribution is 0.0757. The minimum absolute atomic E-state index is 0.0548. The van der Waals surface area contributed by atoms with Crippen LogP contribution in [-0.2, 0) is 13.6 Å². The molecule has 7 nitrogen and oxygen atoms in total. The summed E-state index contributed by atoms with van der Waals surface area (Å²) in [5.74, 6) is 1.38. The first-order valence-corrected chi connectivity index (χ1v) is 9.46. The smallest absolute Gasteiger partial charge is 0.267 e. The van der Waals surface area contributed by atoms with Crippen LogP contribution in [0.2, 0.25) is 0 Å². The Morgan fingerprint density at radius 3 is 2.96 bits per heavy atom. The lowest BCUT2D eigenvalue weighted by atomic mass is 10.3. The van der Waals surface area contributed by atoms with E-state index in [1.54, 1.807) is 0 Å². The van der Waals surface area contributed by atoms with Crippen molar-refractivity contribution in [1.29, 1.82) is 0 Å². The van der Waals surface area contributed by atoms with E-state index in [9.17, 15) is 4.79 Å². The van der Waals surface area contributed by atoms with E-state index in [0.29, 0.717) is 29.6 Å². The van der Waals surface area contributed by atoms with Gasteiger partial charge in [0.1, 0.15) is 18.1 Å². The minimum atomic E-state index is 0.0548. The Labute approximate surface area is 150 Å². The molecule has 0 spiro atoms. The van der Waals surface area contributed by atoms with Gasteiger partial charge >= 0.3 is 0 Å². The van der Waals surface area contributed by atoms with Crippen molar-refractivity contribution in [3.63, 3.8) is 0 Å². The van der Waals surface area contributed by atoms with Crippen molar-refractivity contribution in [2.24, 2.45) is 7.05 Å².